The van der Waals surface area contributed by atoms with Crippen molar-refractivity contribution in [2.45, 2.75) is 32.4 Å². The quantitative estimate of drug-likeness (QED) is 0.849. The molecule has 0 aromatic carbocycles. The summed E-state index contributed by atoms with van der Waals surface area (Å²) >= 11 is 1.74. The maximum absolute atomic E-state index is 12.2. The molecule has 0 bridgehead atoms. The van der Waals surface area contributed by atoms with Gasteiger partial charge < -0.3 is 10.6 Å². The van der Waals surface area contributed by atoms with Crippen LogP contribution in [0.15, 0.2) is 17.5 Å². The summed E-state index contributed by atoms with van der Waals surface area (Å²) in [6.45, 7) is 7.92. The Kier molecular flexibility index (Phi) is 5.36. The van der Waals surface area contributed by atoms with E-state index < -0.39 is 0 Å². The highest BCUT2D eigenvalue weighted by Crippen LogP contribution is 2.11. The SMILES string of the molecule is CC(Cc1cccs1)NC(=O)C(C)N1CCNCC1. The third kappa shape index (κ3) is 4.30. The van der Waals surface area contributed by atoms with Crippen molar-refractivity contribution >= 4 is 17.2 Å². The Labute approximate surface area is 119 Å². The Balaban J connectivity index is 1.79. The van der Waals surface area contributed by atoms with Gasteiger partial charge in [0.15, 0.2) is 0 Å². The van der Waals surface area contributed by atoms with Crippen molar-refractivity contribution in [3.63, 3.8) is 0 Å². The monoisotopic (exact) mass is 281 g/mol. The van der Waals surface area contributed by atoms with Crippen LogP contribution in [0.25, 0.3) is 0 Å². The lowest BCUT2D eigenvalue weighted by Gasteiger charge is -2.32. The molecule has 1 aromatic heterocycles. The van der Waals surface area contributed by atoms with Gasteiger partial charge in [-0.05, 0) is 25.3 Å². The Morgan fingerprint density at radius 1 is 1.47 bits per heavy atom. The molecule has 0 spiro atoms. The predicted octanol–water partition coefficient (Wildman–Crippen LogP) is 1.09. The Bertz CT molecular complexity index is 387. The van der Waals surface area contributed by atoms with Gasteiger partial charge in [0.1, 0.15) is 0 Å². The van der Waals surface area contributed by atoms with E-state index in [2.05, 4.69) is 40.0 Å². The first kappa shape index (κ1) is 14.5. The van der Waals surface area contributed by atoms with Gasteiger partial charge in [0.05, 0.1) is 6.04 Å². The molecule has 5 heteroatoms. The van der Waals surface area contributed by atoms with Gasteiger partial charge in [-0.3, -0.25) is 9.69 Å². The molecule has 2 rings (SSSR count). The van der Waals surface area contributed by atoms with Gasteiger partial charge in [-0.15, -0.1) is 11.3 Å². The van der Waals surface area contributed by atoms with Gasteiger partial charge >= 0.3 is 0 Å². The molecule has 2 atom stereocenters. The van der Waals surface area contributed by atoms with Crippen LogP contribution in [0.1, 0.15) is 18.7 Å². The Hall–Kier alpha value is -0.910. The maximum atomic E-state index is 12.2. The molecule has 2 heterocycles. The standard InChI is InChI=1S/C14H23N3OS/c1-11(10-13-4-3-9-19-13)16-14(18)12(2)17-7-5-15-6-8-17/h3-4,9,11-12,15H,5-8,10H2,1-2H3,(H,16,18). The number of thiophene rings is 1. The average Bonchev–Trinajstić information content (AvgIpc) is 2.91. The van der Waals surface area contributed by atoms with Crippen LogP contribution >= 0.6 is 11.3 Å². The fraction of sp³-hybridized carbons (Fsp3) is 0.643. The summed E-state index contributed by atoms with van der Waals surface area (Å²) in [4.78, 5) is 15.8. The summed E-state index contributed by atoms with van der Waals surface area (Å²) in [6.07, 6.45) is 0.914. The van der Waals surface area contributed by atoms with E-state index in [0.717, 1.165) is 32.6 Å². The van der Waals surface area contributed by atoms with Crippen LogP contribution in [0.4, 0.5) is 0 Å². The van der Waals surface area contributed by atoms with Crippen LogP contribution in [0.3, 0.4) is 0 Å². The molecule has 1 aliphatic heterocycles. The topological polar surface area (TPSA) is 44.4 Å². The smallest absolute Gasteiger partial charge is 0.237 e. The number of carbonyl (C=O) groups is 1. The van der Waals surface area contributed by atoms with Gasteiger partial charge in [0.2, 0.25) is 5.91 Å². The molecule has 106 valence electrons. The lowest BCUT2D eigenvalue weighted by Crippen LogP contribution is -2.53. The number of nitrogens with zero attached hydrogens (tertiary/aromatic N) is 1. The molecule has 1 fully saturated rings. The van der Waals surface area contributed by atoms with E-state index in [4.69, 9.17) is 0 Å². The molecule has 19 heavy (non-hydrogen) atoms. The molecule has 1 amide bonds. The fourth-order valence-corrected chi connectivity index (χ4v) is 3.22. The third-order valence-corrected chi connectivity index (χ3v) is 4.45. The van der Waals surface area contributed by atoms with E-state index >= 15 is 0 Å². The van der Waals surface area contributed by atoms with E-state index in [0.29, 0.717) is 0 Å². The van der Waals surface area contributed by atoms with Crippen molar-refractivity contribution in [1.29, 1.82) is 0 Å². The van der Waals surface area contributed by atoms with Crippen LogP contribution < -0.4 is 10.6 Å². The molecule has 1 aromatic rings. The summed E-state index contributed by atoms with van der Waals surface area (Å²) in [5, 5.41) is 8.50. The summed E-state index contributed by atoms with van der Waals surface area (Å²) in [5.41, 5.74) is 0. The molecular formula is C14H23N3OS. The van der Waals surface area contributed by atoms with Crippen LogP contribution in [0, 0.1) is 0 Å². The second-order valence-corrected chi connectivity index (χ2v) is 6.19. The molecule has 1 aliphatic rings. The van der Waals surface area contributed by atoms with E-state index in [9.17, 15) is 4.79 Å². The third-order valence-electron chi connectivity index (χ3n) is 3.55. The lowest BCUT2D eigenvalue weighted by atomic mass is 10.1. The number of hydrogen-bond donors (Lipinski definition) is 2. The highest BCUT2D eigenvalue weighted by Gasteiger charge is 2.23. The minimum Gasteiger partial charge on any atom is -0.352 e. The molecule has 0 radical (unpaired) electrons. The zero-order valence-corrected chi connectivity index (χ0v) is 12.5. The summed E-state index contributed by atoms with van der Waals surface area (Å²) in [7, 11) is 0. The normalized spacial score (nSPS) is 19.9. The van der Waals surface area contributed by atoms with E-state index in [1.807, 2.05) is 6.92 Å². The molecule has 2 unspecified atom stereocenters. The van der Waals surface area contributed by atoms with Crippen LogP contribution in [0.5, 0.6) is 0 Å². The van der Waals surface area contributed by atoms with Crippen molar-refractivity contribution in [1.82, 2.24) is 15.5 Å². The Morgan fingerprint density at radius 2 is 2.21 bits per heavy atom. The van der Waals surface area contributed by atoms with Crippen LogP contribution in [-0.2, 0) is 11.2 Å². The van der Waals surface area contributed by atoms with Gasteiger partial charge in [0.25, 0.3) is 0 Å². The number of rotatable bonds is 5. The number of amides is 1. The van der Waals surface area contributed by atoms with Gasteiger partial charge in [0, 0.05) is 43.5 Å². The zero-order valence-electron chi connectivity index (χ0n) is 11.7. The maximum Gasteiger partial charge on any atom is 0.237 e. The predicted molar refractivity (Wildman–Crippen MR) is 79.5 cm³/mol. The van der Waals surface area contributed by atoms with Crippen molar-refractivity contribution in [2.24, 2.45) is 0 Å². The number of nitrogens with one attached hydrogen (secondary N) is 2. The molecule has 2 N–H and O–H groups in total. The van der Waals surface area contributed by atoms with Crippen molar-refractivity contribution in [3.05, 3.63) is 22.4 Å². The highest BCUT2D eigenvalue weighted by atomic mass is 32.1. The summed E-state index contributed by atoms with van der Waals surface area (Å²) in [6, 6.07) is 4.33. The second kappa shape index (κ2) is 7.03. The molecule has 4 nitrogen and oxygen atoms in total. The lowest BCUT2D eigenvalue weighted by molar-refractivity contribution is -0.126. The second-order valence-electron chi connectivity index (χ2n) is 5.16. The first-order chi connectivity index (χ1) is 9.16. The first-order valence-corrected chi connectivity index (χ1v) is 7.82. The summed E-state index contributed by atoms with van der Waals surface area (Å²) in [5.74, 6) is 0.144. The fourth-order valence-electron chi connectivity index (χ4n) is 2.38. The molecule has 1 saturated heterocycles. The van der Waals surface area contributed by atoms with Crippen LogP contribution in [-0.4, -0.2) is 49.1 Å². The molecule has 0 saturated carbocycles. The largest absolute Gasteiger partial charge is 0.352 e. The van der Waals surface area contributed by atoms with E-state index in [1.165, 1.54) is 4.88 Å². The number of carbonyl (C=O) groups excluding carboxylic acids is 1. The highest BCUT2D eigenvalue weighted by molar-refractivity contribution is 7.09. The van der Waals surface area contributed by atoms with Crippen LogP contribution in [0.2, 0.25) is 0 Å². The Morgan fingerprint density at radius 3 is 2.84 bits per heavy atom. The number of piperazine rings is 1. The van der Waals surface area contributed by atoms with Crippen molar-refractivity contribution in [2.75, 3.05) is 26.2 Å². The molecular weight excluding hydrogens is 258 g/mol. The van der Waals surface area contributed by atoms with E-state index in [1.54, 1.807) is 11.3 Å². The molecule has 0 aliphatic carbocycles. The van der Waals surface area contributed by atoms with Gasteiger partial charge in [-0.2, -0.15) is 0 Å². The van der Waals surface area contributed by atoms with Crippen molar-refractivity contribution < 1.29 is 4.79 Å². The van der Waals surface area contributed by atoms with Crippen molar-refractivity contribution in [3.8, 4) is 0 Å². The summed E-state index contributed by atoms with van der Waals surface area (Å²) < 4.78 is 0. The number of hydrogen-bond acceptors (Lipinski definition) is 4. The average molecular weight is 281 g/mol. The van der Waals surface area contributed by atoms with Gasteiger partial charge in [-0.25, -0.2) is 0 Å². The van der Waals surface area contributed by atoms with E-state index in [-0.39, 0.29) is 18.0 Å². The minimum atomic E-state index is -0.0344. The van der Waals surface area contributed by atoms with Gasteiger partial charge in [-0.1, -0.05) is 6.07 Å². The first-order valence-electron chi connectivity index (χ1n) is 6.94. The minimum absolute atomic E-state index is 0.0344. The zero-order chi connectivity index (χ0) is 13.7.